The summed E-state index contributed by atoms with van der Waals surface area (Å²) in [6.45, 7) is 11.9. The Labute approximate surface area is 126 Å². The Morgan fingerprint density at radius 1 is 1.10 bits per heavy atom. The maximum absolute atomic E-state index is 11.9. The number of aliphatic carboxylic acids is 1. The normalized spacial score (nSPS) is 32.5. The lowest BCUT2D eigenvalue weighted by molar-refractivity contribution is -0.271. The first kappa shape index (κ1) is 16.1. The Kier molecular flexibility index (Phi) is 3.35. The molecule has 0 aliphatic heterocycles. The molecule has 3 saturated carbocycles. The molecule has 0 spiro atoms. The van der Waals surface area contributed by atoms with Gasteiger partial charge in [0, 0.05) is 5.41 Å². The quantitative estimate of drug-likeness (QED) is 0.839. The number of nitrogens with one attached hydrogen (secondary N) is 1. The van der Waals surface area contributed by atoms with E-state index in [4.69, 9.17) is 4.74 Å². The average Bonchev–Trinajstić information content (AvgIpc) is 2.05. The largest absolute Gasteiger partial charge is 0.480 e. The van der Waals surface area contributed by atoms with Gasteiger partial charge in [-0.05, 0) is 50.9 Å². The maximum atomic E-state index is 11.9. The van der Waals surface area contributed by atoms with Crippen LogP contribution in [0.5, 0.6) is 0 Å². The number of carbonyl (C=O) groups is 2. The first-order valence-corrected chi connectivity index (χ1v) is 7.53. The van der Waals surface area contributed by atoms with E-state index < -0.39 is 23.7 Å². The zero-order chi connectivity index (χ0) is 16.3. The number of ether oxygens (including phenoxy) is 1. The minimum atomic E-state index is -0.969. The topological polar surface area (TPSA) is 75.6 Å². The maximum Gasteiger partial charge on any atom is 0.408 e. The SMILES string of the molecule is CC(C)(C)OC(=O)N[C@H](C(=O)O)C12CC(C(C)(C)C)(C1)C2. The van der Waals surface area contributed by atoms with Gasteiger partial charge in [-0.1, -0.05) is 20.8 Å². The first-order chi connectivity index (χ1) is 9.30. The van der Waals surface area contributed by atoms with Crippen molar-refractivity contribution < 1.29 is 19.4 Å². The summed E-state index contributed by atoms with van der Waals surface area (Å²) in [7, 11) is 0. The fourth-order valence-electron chi connectivity index (χ4n) is 3.87. The molecule has 2 N–H and O–H groups in total. The van der Waals surface area contributed by atoms with Crippen LogP contribution in [0, 0.1) is 16.2 Å². The number of rotatable bonds is 3. The third-order valence-corrected chi connectivity index (χ3v) is 5.18. The van der Waals surface area contributed by atoms with Crippen LogP contribution in [-0.2, 0) is 9.53 Å². The van der Waals surface area contributed by atoms with Crippen molar-refractivity contribution >= 4 is 12.1 Å². The Hall–Kier alpha value is -1.26. The van der Waals surface area contributed by atoms with E-state index in [1.54, 1.807) is 20.8 Å². The van der Waals surface area contributed by atoms with Crippen LogP contribution in [0.3, 0.4) is 0 Å². The van der Waals surface area contributed by atoms with Gasteiger partial charge < -0.3 is 15.2 Å². The summed E-state index contributed by atoms with van der Waals surface area (Å²) in [6.07, 6.45) is 1.97. The van der Waals surface area contributed by atoms with Gasteiger partial charge in [0.2, 0.25) is 0 Å². The van der Waals surface area contributed by atoms with E-state index in [9.17, 15) is 14.7 Å². The number of alkyl carbamates (subject to hydrolysis) is 1. The van der Waals surface area contributed by atoms with Crippen molar-refractivity contribution in [3.8, 4) is 0 Å². The highest BCUT2D eigenvalue weighted by molar-refractivity contribution is 5.81. The van der Waals surface area contributed by atoms with Crippen LogP contribution in [0.25, 0.3) is 0 Å². The standard InChI is InChI=1S/C16H27NO4/c1-13(2,3)16-7-15(8-16,9-16)10(11(18)19)17-12(20)21-14(4,5)6/h10H,7-9H2,1-6H3,(H,17,20)(H,18,19)/t10-,15?,16?/m1/s1. The van der Waals surface area contributed by atoms with Crippen LogP contribution in [0.15, 0.2) is 0 Å². The van der Waals surface area contributed by atoms with Crippen molar-refractivity contribution in [2.24, 2.45) is 16.2 Å². The summed E-state index contributed by atoms with van der Waals surface area (Å²) in [5.41, 5.74) is -0.477. The molecule has 0 heterocycles. The Morgan fingerprint density at radius 3 is 1.90 bits per heavy atom. The summed E-state index contributed by atoms with van der Waals surface area (Å²) in [4.78, 5) is 23.4. The highest BCUT2D eigenvalue weighted by Gasteiger charge is 2.75. The minimum absolute atomic E-state index is 0.184. The second-order valence-electron chi connectivity index (χ2n) is 8.84. The predicted octanol–water partition coefficient (Wildman–Crippen LogP) is 3.18. The fourth-order valence-corrected chi connectivity index (χ4v) is 3.87. The number of hydrogen-bond acceptors (Lipinski definition) is 3. The van der Waals surface area contributed by atoms with Gasteiger partial charge in [0.25, 0.3) is 0 Å². The van der Waals surface area contributed by atoms with E-state index in [-0.39, 0.29) is 16.2 Å². The van der Waals surface area contributed by atoms with Crippen molar-refractivity contribution in [2.75, 3.05) is 0 Å². The monoisotopic (exact) mass is 297 g/mol. The number of carboxylic acid groups (broad SMARTS) is 1. The van der Waals surface area contributed by atoms with Crippen LogP contribution in [0.2, 0.25) is 0 Å². The smallest absolute Gasteiger partial charge is 0.408 e. The van der Waals surface area contributed by atoms with Crippen LogP contribution in [0.1, 0.15) is 60.8 Å². The molecule has 3 rings (SSSR count). The van der Waals surface area contributed by atoms with E-state index in [0.717, 1.165) is 19.3 Å². The Balaban J connectivity index is 2.01. The zero-order valence-corrected chi connectivity index (χ0v) is 13.9. The van der Waals surface area contributed by atoms with E-state index in [1.165, 1.54) is 0 Å². The highest BCUT2D eigenvalue weighted by atomic mass is 16.6. The van der Waals surface area contributed by atoms with Crippen LogP contribution >= 0.6 is 0 Å². The molecular formula is C16H27NO4. The summed E-state index contributed by atoms with van der Waals surface area (Å²) in [5, 5.41) is 12.0. The first-order valence-electron chi connectivity index (χ1n) is 7.53. The van der Waals surface area contributed by atoms with Crippen LogP contribution in [0.4, 0.5) is 4.79 Å². The van der Waals surface area contributed by atoms with Crippen LogP contribution in [-0.4, -0.2) is 28.8 Å². The summed E-state index contributed by atoms with van der Waals surface area (Å²) in [5.74, 6) is -0.969. The zero-order valence-electron chi connectivity index (χ0n) is 13.9. The predicted molar refractivity (Wildman–Crippen MR) is 79.0 cm³/mol. The lowest BCUT2D eigenvalue weighted by Gasteiger charge is -2.77. The minimum Gasteiger partial charge on any atom is -0.480 e. The lowest BCUT2D eigenvalue weighted by atomic mass is 9.28. The molecule has 0 aromatic rings. The highest BCUT2D eigenvalue weighted by Crippen LogP contribution is 2.80. The lowest BCUT2D eigenvalue weighted by Crippen LogP contribution is -2.74. The van der Waals surface area contributed by atoms with Crippen molar-refractivity contribution in [1.29, 1.82) is 0 Å². The van der Waals surface area contributed by atoms with Crippen LogP contribution < -0.4 is 5.32 Å². The molecule has 0 aromatic carbocycles. The number of amides is 1. The average molecular weight is 297 g/mol. The third-order valence-electron chi connectivity index (χ3n) is 5.18. The second-order valence-corrected chi connectivity index (χ2v) is 8.84. The van der Waals surface area contributed by atoms with E-state index in [0.29, 0.717) is 0 Å². The third kappa shape index (κ3) is 2.62. The molecule has 120 valence electrons. The van der Waals surface area contributed by atoms with Gasteiger partial charge in [-0.3, -0.25) is 0 Å². The molecule has 1 amide bonds. The van der Waals surface area contributed by atoms with Gasteiger partial charge in [-0.25, -0.2) is 9.59 Å². The molecule has 3 fully saturated rings. The molecule has 2 bridgehead atoms. The number of hydrogen-bond donors (Lipinski definition) is 2. The van der Waals surface area contributed by atoms with Crippen molar-refractivity contribution in [1.82, 2.24) is 5.32 Å². The van der Waals surface area contributed by atoms with E-state index >= 15 is 0 Å². The summed E-state index contributed by atoms with van der Waals surface area (Å²) >= 11 is 0. The molecule has 0 unspecified atom stereocenters. The molecular weight excluding hydrogens is 270 g/mol. The van der Waals surface area contributed by atoms with Crippen molar-refractivity contribution in [3.63, 3.8) is 0 Å². The Morgan fingerprint density at radius 2 is 1.57 bits per heavy atom. The van der Waals surface area contributed by atoms with Crippen molar-refractivity contribution in [3.05, 3.63) is 0 Å². The van der Waals surface area contributed by atoms with Gasteiger partial charge in [-0.15, -0.1) is 0 Å². The number of carbonyl (C=O) groups excluding carboxylic acids is 1. The molecule has 5 nitrogen and oxygen atoms in total. The van der Waals surface area contributed by atoms with E-state index in [1.807, 2.05) is 0 Å². The molecule has 3 aliphatic carbocycles. The molecule has 21 heavy (non-hydrogen) atoms. The molecule has 5 heteroatoms. The van der Waals surface area contributed by atoms with Gasteiger partial charge >= 0.3 is 12.1 Å². The molecule has 1 atom stereocenters. The van der Waals surface area contributed by atoms with Gasteiger partial charge in [0.05, 0.1) is 0 Å². The Bertz CT molecular complexity index is 450. The fraction of sp³-hybridized carbons (Fsp3) is 0.875. The van der Waals surface area contributed by atoms with Crippen molar-refractivity contribution in [2.45, 2.75) is 72.4 Å². The van der Waals surface area contributed by atoms with E-state index in [2.05, 4.69) is 26.1 Å². The molecule has 0 aromatic heterocycles. The van der Waals surface area contributed by atoms with Gasteiger partial charge in [0.1, 0.15) is 11.6 Å². The summed E-state index contributed by atoms with van der Waals surface area (Å²) in [6, 6.07) is -0.850. The molecule has 0 saturated heterocycles. The summed E-state index contributed by atoms with van der Waals surface area (Å²) < 4.78 is 5.18. The van der Waals surface area contributed by atoms with Gasteiger partial charge in [-0.2, -0.15) is 0 Å². The number of carboxylic acids is 1. The second kappa shape index (κ2) is 4.37. The molecule has 3 aliphatic rings. The molecule has 0 radical (unpaired) electrons. The van der Waals surface area contributed by atoms with Gasteiger partial charge in [0.15, 0.2) is 0 Å².